The number of benzene rings is 2. The van der Waals surface area contributed by atoms with Crippen molar-refractivity contribution in [3.05, 3.63) is 81.4 Å². The van der Waals surface area contributed by atoms with E-state index < -0.39 is 0 Å². The van der Waals surface area contributed by atoms with Crippen molar-refractivity contribution in [3.8, 4) is 11.5 Å². The largest absolute Gasteiger partial charge is 0.489 e. The van der Waals surface area contributed by atoms with E-state index in [0.29, 0.717) is 22.5 Å². The number of hydrogen-bond donors (Lipinski definition) is 0. The number of aryl methyl sites for hydroxylation is 2. The minimum atomic E-state index is 0.248. The molecule has 0 aliphatic heterocycles. The van der Waals surface area contributed by atoms with Gasteiger partial charge in [0, 0.05) is 18.1 Å². The predicted octanol–water partition coefficient (Wildman–Crippen LogP) is 5.73. The second-order valence-corrected chi connectivity index (χ2v) is 7.44. The topological polar surface area (TPSA) is 56.6 Å². The van der Waals surface area contributed by atoms with Gasteiger partial charge in [-0.3, -0.25) is 4.99 Å². The zero-order chi connectivity index (χ0) is 21.5. The molecule has 0 N–H and O–H groups in total. The predicted molar refractivity (Wildman–Crippen MR) is 121 cm³/mol. The van der Waals surface area contributed by atoms with E-state index in [0.717, 1.165) is 40.3 Å². The summed E-state index contributed by atoms with van der Waals surface area (Å²) in [7, 11) is 1.71. The number of nitrogens with zero attached hydrogens (tertiary/aromatic N) is 3. The van der Waals surface area contributed by atoms with Crippen LogP contribution in [-0.2, 0) is 13.0 Å². The molecule has 0 saturated heterocycles. The highest BCUT2D eigenvalue weighted by Crippen LogP contribution is 2.26. The Bertz CT molecular complexity index is 1040. The molecule has 5 nitrogen and oxygen atoms in total. The highest BCUT2D eigenvalue weighted by Gasteiger charge is 2.16. The number of aliphatic imine (C=N–C) groups is 1. The first-order chi connectivity index (χ1) is 14.5. The van der Waals surface area contributed by atoms with Gasteiger partial charge in [-0.1, -0.05) is 48.3 Å². The zero-order valence-corrected chi connectivity index (χ0v) is 18.7. The molecule has 0 aliphatic rings. The summed E-state index contributed by atoms with van der Waals surface area (Å²) < 4.78 is 12.0. The summed E-state index contributed by atoms with van der Waals surface area (Å²) in [6.45, 7) is 4.69. The van der Waals surface area contributed by atoms with Gasteiger partial charge >= 0.3 is 0 Å². The van der Waals surface area contributed by atoms with Gasteiger partial charge in [0.15, 0.2) is 0 Å². The molecule has 0 unspecified atom stereocenters. The lowest BCUT2D eigenvalue weighted by molar-refractivity contribution is 0.302. The van der Waals surface area contributed by atoms with Crippen LogP contribution in [0.3, 0.4) is 0 Å². The van der Waals surface area contributed by atoms with E-state index in [4.69, 9.17) is 32.7 Å². The van der Waals surface area contributed by atoms with Crippen LogP contribution in [0.5, 0.6) is 11.5 Å². The SMILES string of the molecule is CCc1ncnc(Cl)c1C(COc1cc(OCc2ccc(Cl)cc2)ccc1C)=NC. The first kappa shape index (κ1) is 22.1. The number of aromatic nitrogens is 2. The van der Waals surface area contributed by atoms with E-state index in [1.165, 1.54) is 6.33 Å². The second kappa shape index (κ2) is 10.4. The summed E-state index contributed by atoms with van der Waals surface area (Å²) in [6, 6.07) is 13.3. The number of halogens is 2. The molecule has 1 heterocycles. The van der Waals surface area contributed by atoms with Crippen LogP contribution < -0.4 is 9.47 Å². The van der Waals surface area contributed by atoms with Crippen molar-refractivity contribution < 1.29 is 9.47 Å². The van der Waals surface area contributed by atoms with Gasteiger partial charge in [0.25, 0.3) is 0 Å². The van der Waals surface area contributed by atoms with Gasteiger partial charge in [-0.25, -0.2) is 9.97 Å². The van der Waals surface area contributed by atoms with Crippen LogP contribution >= 0.6 is 23.2 Å². The van der Waals surface area contributed by atoms with Crippen LogP contribution in [-0.4, -0.2) is 29.3 Å². The van der Waals surface area contributed by atoms with Gasteiger partial charge < -0.3 is 9.47 Å². The van der Waals surface area contributed by atoms with E-state index in [9.17, 15) is 0 Å². The van der Waals surface area contributed by atoms with Gasteiger partial charge in [-0.15, -0.1) is 0 Å². The minimum absolute atomic E-state index is 0.248. The Kier molecular flexibility index (Phi) is 7.66. The molecular formula is C23H23Cl2N3O2. The fraction of sp³-hybridized carbons (Fsp3) is 0.261. The summed E-state index contributed by atoms with van der Waals surface area (Å²) in [5.41, 5.74) is 4.31. The van der Waals surface area contributed by atoms with Crippen LogP contribution in [0.1, 0.15) is 29.3 Å². The van der Waals surface area contributed by atoms with E-state index in [1.807, 2.05) is 56.3 Å². The summed E-state index contributed by atoms with van der Waals surface area (Å²) >= 11 is 12.2. The van der Waals surface area contributed by atoms with Gasteiger partial charge in [-0.05, 0) is 42.7 Å². The third-order valence-corrected chi connectivity index (χ3v) is 5.15. The first-order valence-corrected chi connectivity index (χ1v) is 10.3. The molecule has 0 aliphatic carbocycles. The van der Waals surface area contributed by atoms with E-state index in [2.05, 4.69) is 15.0 Å². The molecule has 0 amide bonds. The molecule has 0 atom stereocenters. The monoisotopic (exact) mass is 443 g/mol. The van der Waals surface area contributed by atoms with Crippen molar-refractivity contribution >= 4 is 28.9 Å². The average Bonchev–Trinajstić information content (AvgIpc) is 2.76. The molecule has 0 saturated carbocycles. The van der Waals surface area contributed by atoms with E-state index in [-0.39, 0.29) is 6.61 Å². The molecule has 0 bridgehead atoms. The fourth-order valence-corrected chi connectivity index (χ4v) is 3.31. The van der Waals surface area contributed by atoms with E-state index in [1.54, 1.807) is 7.05 Å². The Morgan fingerprint density at radius 2 is 1.80 bits per heavy atom. The fourth-order valence-electron chi connectivity index (χ4n) is 2.92. The molecule has 0 fully saturated rings. The Hall–Kier alpha value is -2.63. The van der Waals surface area contributed by atoms with Crippen LogP contribution in [0, 0.1) is 6.92 Å². The molecule has 3 aromatic rings. The van der Waals surface area contributed by atoms with Crippen LogP contribution in [0.4, 0.5) is 0 Å². The lowest BCUT2D eigenvalue weighted by atomic mass is 10.1. The molecule has 2 aromatic carbocycles. The Morgan fingerprint density at radius 1 is 1.03 bits per heavy atom. The first-order valence-electron chi connectivity index (χ1n) is 9.58. The third kappa shape index (κ3) is 5.49. The third-order valence-electron chi connectivity index (χ3n) is 4.62. The summed E-state index contributed by atoms with van der Waals surface area (Å²) in [5, 5.41) is 1.08. The zero-order valence-electron chi connectivity index (χ0n) is 17.2. The van der Waals surface area contributed by atoms with Gasteiger partial charge in [0.05, 0.1) is 17.0 Å². The van der Waals surface area contributed by atoms with Crippen LogP contribution in [0.2, 0.25) is 10.2 Å². The van der Waals surface area contributed by atoms with Crippen LogP contribution in [0.25, 0.3) is 0 Å². The number of hydrogen-bond acceptors (Lipinski definition) is 5. The van der Waals surface area contributed by atoms with Gasteiger partial charge in [-0.2, -0.15) is 0 Å². The summed E-state index contributed by atoms with van der Waals surface area (Å²) in [6.07, 6.45) is 2.19. The maximum Gasteiger partial charge on any atom is 0.141 e. The Labute approximate surface area is 186 Å². The number of rotatable bonds is 8. The molecule has 30 heavy (non-hydrogen) atoms. The van der Waals surface area contributed by atoms with Crippen molar-refractivity contribution in [1.82, 2.24) is 9.97 Å². The normalized spacial score (nSPS) is 11.4. The maximum atomic E-state index is 6.31. The molecule has 0 spiro atoms. The minimum Gasteiger partial charge on any atom is -0.489 e. The highest BCUT2D eigenvalue weighted by molar-refractivity contribution is 6.33. The molecule has 156 valence electrons. The lowest BCUT2D eigenvalue weighted by Gasteiger charge is -2.15. The van der Waals surface area contributed by atoms with Crippen molar-refractivity contribution in [1.29, 1.82) is 0 Å². The quantitative estimate of drug-likeness (QED) is 0.329. The number of ether oxygens (including phenoxy) is 2. The standard InChI is InChI=1S/C23H23Cl2N3O2/c1-4-19-22(23(25)28-14-27-19)20(26-3)13-30-21-11-18(10-5-15(21)2)29-12-16-6-8-17(24)9-7-16/h5-11,14H,4,12-13H2,1-3H3. The smallest absolute Gasteiger partial charge is 0.141 e. The summed E-state index contributed by atoms with van der Waals surface area (Å²) in [4.78, 5) is 12.8. The van der Waals surface area contributed by atoms with Crippen molar-refractivity contribution in [2.75, 3.05) is 13.7 Å². The summed E-state index contributed by atoms with van der Waals surface area (Å²) in [5.74, 6) is 1.44. The highest BCUT2D eigenvalue weighted by atomic mass is 35.5. The lowest BCUT2D eigenvalue weighted by Crippen LogP contribution is -2.17. The molecule has 3 rings (SSSR count). The Balaban J connectivity index is 1.72. The molecule has 7 heteroatoms. The van der Waals surface area contributed by atoms with Gasteiger partial charge in [0.2, 0.25) is 0 Å². The van der Waals surface area contributed by atoms with Crippen molar-refractivity contribution in [2.45, 2.75) is 26.9 Å². The molecule has 1 aromatic heterocycles. The molecular weight excluding hydrogens is 421 g/mol. The maximum absolute atomic E-state index is 6.31. The molecule has 0 radical (unpaired) electrons. The van der Waals surface area contributed by atoms with E-state index >= 15 is 0 Å². The Morgan fingerprint density at radius 3 is 2.50 bits per heavy atom. The van der Waals surface area contributed by atoms with Crippen molar-refractivity contribution in [3.63, 3.8) is 0 Å². The average molecular weight is 444 g/mol. The van der Waals surface area contributed by atoms with Gasteiger partial charge in [0.1, 0.15) is 36.2 Å². The van der Waals surface area contributed by atoms with Crippen LogP contribution in [0.15, 0.2) is 53.8 Å². The van der Waals surface area contributed by atoms with Crippen molar-refractivity contribution in [2.24, 2.45) is 4.99 Å². The second-order valence-electron chi connectivity index (χ2n) is 6.64.